The van der Waals surface area contributed by atoms with Gasteiger partial charge >= 0.3 is 0 Å². The Morgan fingerprint density at radius 3 is 2.67 bits per heavy atom. The van der Waals surface area contributed by atoms with Gasteiger partial charge in [-0.25, -0.2) is 4.98 Å². The zero-order valence-corrected chi connectivity index (χ0v) is 17.5. The van der Waals surface area contributed by atoms with E-state index in [2.05, 4.69) is 31.2 Å². The largest absolute Gasteiger partial charge is 0.483 e. The number of nitrogen functional groups attached to an aromatic ring is 2. The number of nitrogens with two attached hydrogens (primary N) is 2. The summed E-state index contributed by atoms with van der Waals surface area (Å²) >= 11 is 3.39. The predicted octanol–water partition coefficient (Wildman–Crippen LogP) is 2.68. The molecule has 0 bridgehead atoms. The molecule has 3 aromatic rings. The topological polar surface area (TPSA) is 140 Å². The second kappa shape index (κ2) is 9.71. The Balaban J connectivity index is 1.72. The third-order valence-electron chi connectivity index (χ3n) is 4.20. The maximum absolute atomic E-state index is 12.2. The zero-order valence-electron chi connectivity index (χ0n) is 15.9. The quantitative estimate of drug-likeness (QED) is 0.485. The van der Waals surface area contributed by atoms with Gasteiger partial charge in [-0.3, -0.25) is 4.79 Å². The van der Waals surface area contributed by atoms with Gasteiger partial charge in [0.15, 0.2) is 6.61 Å². The highest BCUT2D eigenvalue weighted by molar-refractivity contribution is 9.10. The van der Waals surface area contributed by atoms with E-state index in [1.165, 1.54) is 0 Å². The SMILES string of the molecule is N#Cc1c(N)nc(N)nc1-c1cc(Br)ccc1OCC(=O)NCCc1ccccc1. The molecule has 0 spiro atoms. The molecule has 30 heavy (non-hydrogen) atoms. The molecule has 152 valence electrons. The lowest BCUT2D eigenvalue weighted by Crippen LogP contribution is -2.30. The molecule has 0 aliphatic carbocycles. The smallest absolute Gasteiger partial charge is 0.257 e. The Morgan fingerprint density at radius 1 is 1.17 bits per heavy atom. The van der Waals surface area contributed by atoms with Gasteiger partial charge in [-0.2, -0.15) is 10.2 Å². The first-order valence-corrected chi connectivity index (χ1v) is 9.83. The minimum absolute atomic E-state index is 0.0235. The van der Waals surface area contributed by atoms with Crippen LogP contribution in [0.15, 0.2) is 53.0 Å². The maximum atomic E-state index is 12.2. The summed E-state index contributed by atoms with van der Waals surface area (Å²) in [6.07, 6.45) is 0.723. The van der Waals surface area contributed by atoms with E-state index in [0.29, 0.717) is 17.9 Å². The Bertz CT molecular complexity index is 1100. The molecule has 0 atom stereocenters. The Labute approximate surface area is 182 Å². The maximum Gasteiger partial charge on any atom is 0.257 e. The second-order valence-corrected chi connectivity index (χ2v) is 7.23. The number of nitriles is 1. The van der Waals surface area contributed by atoms with E-state index in [1.54, 1.807) is 18.2 Å². The van der Waals surface area contributed by atoms with Crippen molar-refractivity contribution in [1.29, 1.82) is 5.26 Å². The molecule has 0 unspecified atom stereocenters. The minimum Gasteiger partial charge on any atom is -0.483 e. The van der Waals surface area contributed by atoms with Crippen LogP contribution in [0.1, 0.15) is 11.1 Å². The first kappa shape index (κ1) is 21.1. The molecule has 0 fully saturated rings. The van der Waals surface area contributed by atoms with Crippen LogP contribution in [-0.2, 0) is 11.2 Å². The number of nitrogens with one attached hydrogen (secondary N) is 1. The van der Waals surface area contributed by atoms with Gasteiger partial charge in [-0.1, -0.05) is 46.3 Å². The molecular formula is C21H19BrN6O2. The van der Waals surface area contributed by atoms with Gasteiger partial charge in [-0.05, 0) is 30.2 Å². The first-order valence-electron chi connectivity index (χ1n) is 9.04. The number of nitrogens with zero attached hydrogens (tertiary/aromatic N) is 3. The van der Waals surface area contributed by atoms with Crippen molar-refractivity contribution < 1.29 is 9.53 Å². The van der Waals surface area contributed by atoms with E-state index in [9.17, 15) is 10.1 Å². The normalized spacial score (nSPS) is 10.3. The highest BCUT2D eigenvalue weighted by atomic mass is 79.9. The lowest BCUT2D eigenvalue weighted by atomic mass is 10.1. The van der Waals surface area contributed by atoms with Crippen molar-refractivity contribution in [2.24, 2.45) is 0 Å². The predicted molar refractivity (Wildman–Crippen MR) is 117 cm³/mol. The third kappa shape index (κ3) is 5.24. The number of benzene rings is 2. The molecule has 9 heteroatoms. The van der Waals surface area contributed by atoms with Crippen LogP contribution in [0, 0.1) is 11.3 Å². The molecule has 2 aromatic carbocycles. The first-order chi connectivity index (χ1) is 14.5. The number of ether oxygens (including phenoxy) is 1. The minimum atomic E-state index is -0.262. The molecule has 1 amide bonds. The number of hydrogen-bond donors (Lipinski definition) is 3. The summed E-state index contributed by atoms with van der Waals surface area (Å²) < 4.78 is 6.44. The van der Waals surface area contributed by atoms with Gasteiger partial charge in [0, 0.05) is 16.6 Å². The van der Waals surface area contributed by atoms with Gasteiger partial charge in [0.1, 0.15) is 23.2 Å². The molecule has 0 aliphatic heterocycles. The Hall–Kier alpha value is -3.64. The zero-order chi connectivity index (χ0) is 21.5. The lowest BCUT2D eigenvalue weighted by Gasteiger charge is -2.13. The van der Waals surface area contributed by atoms with Gasteiger partial charge in [0.05, 0.1) is 5.69 Å². The molecule has 0 saturated heterocycles. The molecule has 0 saturated carbocycles. The number of rotatable bonds is 7. The third-order valence-corrected chi connectivity index (χ3v) is 4.69. The van der Waals surface area contributed by atoms with Crippen molar-refractivity contribution in [2.75, 3.05) is 24.6 Å². The standard InChI is InChI=1S/C21H19BrN6O2/c22-14-6-7-17(15(10-14)19-16(11-23)20(24)28-21(25)27-19)30-12-18(29)26-9-8-13-4-2-1-3-5-13/h1-7,10H,8-9,12H2,(H,26,29)(H4,24,25,27,28). The molecule has 3 rings (SSSR count). The van der Waals surface area contributed by atoms with Crippen molar-refractivity contribution in [3.8, 4) is 23.1 Å². The second-order valence-electron chi connectivity index (χ2n) is 6.32. The van der Waals surface area contributed by atoms with Crippen molar-refractivity contribution in [3.63, 3.8) is 0 Å². The van der Waals surface area contributed by atoms with Crippen molar-refractivity contribution in [3.05, 3.63) is 64.1 Å². The summed E-state index contributed by atoms with van der Waals surface area (Å²) in [5.74, 6) is 0.0168. The van der Waals surface area contributed by atoms with Gasteiger partial charge < -0.3 is 21.5 Å². The summed E-state index contributed by atoms with van der Waals surface area (Å²) in [4.78, 5) is 20.2. The molecule has 0 radical (unpaired) electrons. The van der Waals surface area contributed by atoms with Crippen LogP contribution in [0.5, 0.6) is 5.75 Å². The lowest BCUT2D eigenvalue weighted by molar-refractivity contribution is -0.123. The van der Waals surface area contributed by atoms with Crippen LogP contribution in [-0.4, -0.2) is 29.0 Å². The van der Waals surface area contributed by atoms with E-state index in [0.717, 1.165) is 16.5 Å². The van der Waals surface area contributed by atoms with Crippen LogP contribution >= 0.6 is 15.9 Å². The molecule has 5 N–H and O–H groups in total. The summed E-state index contributed by atoms with van der Waals surface area (Å²) in [6.45, 7) is 0.304. The molecule has 0 aliphatic rings. The highest BCUT2D eigenvalue weighted by Gasteiger charge is 2.18. The van der Waals surface area contributed by atoms with Crippen LogP contribution in [0.25, 0.3) is 11.3 Å². The van der Waals surface area contributed by atoms with E-state index in [-0.39, 0.29) is 35.5 Å². The number of halogens is 1. The number of amides is 1. The van der Waals surface area contributed by atoms with Crippen LogP contribution in [0.2, 0.25) is 0 Å². The summed E-state index contributed by atoms with van der Waals surface area (Å²) in [7, 11) is 0. The van der Waals surface area contributed by atoms with Crippen LogP contribution in [0.3, 0.4) is 0 Å². The van der Waals surface area contributed by atoms with Gasteiger partial charge in [-0.15, -0.1) is 0 Å². The average molecular weight is 467 g/mol. The van der Waals surface area contributed by atoms with Crippen molar-refractivity contribution in [1.82, 2.24) is 15.3 Å². The highest BCUT2D eigenvalue weighted by Crippen LogP contribution is 2.35. The summed E-state index contributed by atoms with van der Waals surface area (Å²) in [5, 5.41) is 12.3. The van der Waals surface area contributed by atoms with Gasteiger partial charge in [0.25, 0.3) is 5.91 Å². The number of hydrogen-bond acceptors (Lipinski definition) is 7. The average Bonchev–Trinajstić information content (AvgIpc) is 2.73. The number of anilines is 2. The van der Waals surface area contributed by atoms with E-state index >= 15 is 0 Å². The van der Waals surface area contributed by atoms with Crippen LogP contribution < -0.4 is 21.5 Å². The summed E-state index contributed by atoms with van der Waals surface area (Å²) in [5.41, 5.74) is 13.4. The fraction of sp³-hybridized carbons (Fsp3) is 0.143. The Morgan fingerprint density at radius 2 is 1.93 bits per heavy atom. The molecule has 1 heterocycles. The number of carbonyl (C=O) groups excluding carboxylic acids is 1. The fourth-order valence-corrected chi connectivity index (χ4v) is 3.16. The van der Waals surface area contributed by atoms with Crippen LogP contribution in [0.4, 0.5) is 11.8 Å². The monoisotopic (exact) mass is 466 g/mol. The van der Waals surface area contributed by atoms with Gasteiger partial charge in [0.2, 0.25) is 5.95 Å². The van der Waals surface area contributed by atoms with E-state index in [4.69, 9.17) is 16.2 Å². The van der Waals surface area contributed by atoms with Crippen molar-refractivity contribution in [2.45, 2.75) is 6.42 Å². The fourth-order valence-electron chi connectivity index (χ4n) is 2.80. The number of carbonyl (C=O) groups is 1. The Kier molecular flexibility index (Phi) is 6.83. The van der Waals surface area contributed by atoms with E-state index < -0.39 is 0 Å². The summed E-state index contributed by atoms with van der Waals surface area (Å²) in [6, 6.07) is 17.0. The number of aromatic nitrogens is 2. The van der Waals surface area contributed by atoms with E-state index in [1.807, 2.05) is 36.4 Å². The van der Waals surface area contributed by atoms with Crippen molar-refractivity contribution >= 4 is 33.6 Å². The molecule has 8 nitrogen and oxygen atoms in total. The molecular weight excluding hydrogens is 448 g/mol. The molecule has 1 aromatic heterocycles.